The normalized spacial score (nSPS) is 13.8. The summed E-state index contributed by atoms with van der Waals surface area (Å²) >= 11 is 6.40. The predicted molar refractivity (Wildman–Crippen MR) is 116 cm³/mol. The first-order chi connectivity index (χ1) is 15.0. The molecule has 2 aromatic heterocycles. The first kappa shape index (κ1) is 19.8. The Kier molecular flexibility index (Phi) is 5.02. The summed E-state index contributed by atoms with van der Waals surface area (Å²) in [6.07, 6.45) is 1.22. The van der Waals surface area contributed by atoms with Gasteiger partial charge in [0.25, 0.3) is 6.43 Å². The number of hydrogen-bond acceptors (Lipinski definition) is 3. The zero-order valence-corrected chi connectivity index (χ0v) is 17.2. The second kappa shape index (κ2) is 7.85. The van der Waals surface area contributed by atoms with Gasteiger partial charge in [-0.25, -0.2) is 13.6 Å². The van der Waals surface area contributed by atoms with Gasteiger partial charge in [-0.15, -0.1) is 0 Å². The van der Waals surface area contributed by atoms with Crippen LogP contribution in [0.25, 0.3) is 16.6 Å². The highest BCUT2D eigenvalue weighted by molar-refractivity contribution is 6.32. The number of benzene rings is 2. The lowest BCUT2D eigenvalue weighted by Gasteiger charge is -2.15. The quantitative estimate of drug-likeness (QED) is 0.394. The fourth-order valence-corrected chi connectivity index (χ4v) is 4.11. The minimum atomic E-state index is -2.65. The first-order valence-corrected chi connectivity index (χ1v) is 10.4. The Hall–Kier alpha value is -3.12. The zero-order chi connectivity index (χ0) is 21.5. The summed E-state index contributed by atoms with van der Waals surface area (Å²) in [5.74, 6) is 0.504. The average Bonchev–Trinajstić information content (AvgIpc) is 3.60. The first-order valence-electron chi connectivity index (χ1n) is 10.0. The molecule has 0 unspecified atom stereocenters. The van der Waals surface area contributed by atoms with Gasteiger partial charge in [0.1, 0.15) is 5.69 Å². The van der Waals surface area contributed by atoms with Gasteiger partial charge >= 0.3 is 5.69 Å². The molecule has 0 N–H and O–H groups in total. The fraction of sp³-hybridized carbons (Fsp3) is 0.208. The van der Waals surface area contributed by atoms with Crippen molar-refractivity contribution in [3.8, 4) is 5.69 Å². The number of aromatic nitrogens is 3. The molecular weight excluding hydrogens is 420 g/mol. The Morgan fingerprint density at radius 1 is 1.10 bits per heavy atom. The van der Waals surface area contributed by atoms with E-state index in [1.165, 1.54) is 22.4 Å². The minimum Gasteiger partial charge on any atom is -0.259 e. The number of fused-ring (bicyclic) bond motifs is 1. The number of alkyl halides is 2. The molecule has 1 saturated carbocycles. The molecule has 7 heteroatoms. The Bertz CT molecular complexity index is 1350. The molecule has 156 valence electrons. The third kappa shape index (κ3) is 3.83. The topological polar surface area (TPSA) is 47.8 Å². The number of rotatable bonds is 5. The third-order valence-electron chi connectivity index (χ3n) is 5.58. The summed E-state index contributed by atoms with van der Waals surface area (Å²) in [5, 5.41) is 1.24. The molecule has 0 aliphatic heterocycles. The smallest absolute Gasteiger partial charge is 0.259 e. The average molecular weight is 438 g/mol. The molecule has 0 amide bonds. The molecule has 1 fully saturated rings. The molecule has 1 aliphatic carbocycles. The fourth-order valence-electron chi connectivity index (χ4n) is 3.89. The van der Waals surface area contributed by atoms with Crippen molar-refractivity contribution in [3.63, 3.8) is 0 Å². The van der Waals surface area contributed by atoms with Crippen LogP contribution in [0, 0.1) is 0 Å². The Labute approximate surface area is 182 Å². The van der Waals surface area contributed by atoms with Gasteiger partial charge in [-0.3, -0.25) is 9.55 Å². The van der Waals surface area contributed by atoms with E-state index in [1.807, 2.05) is 18.2 Å². The van der Waals surface area contributed by atoms with Gasteiger partial charge in [-0.1, -0.05) is 35.9 Å². The molecule has 0 bridgehead atoms. The molecule has 1 aliphatic rings. The van der Waals surface area contributed by atoms with Crippen LogP contribution in [0.5, 0.6) is 0 Å². The Morgan fingerprint density at radius 2 is 1.90 bits per heavy atom. The number of halogens is 3. The van der Waals surface area contributed by atoms with Crippen LogP contribution in [0.4, 0.5) is 8.78 Å². The maximum atomic E-state index is 13.1. The molecule has 5 rings (SSSR count). The maximum absolute atomic E-state index is 13.1. The molecule has 4 nitrogen and oxygen atoms in total. The summed E-state index contributed by atoms with van der Waals surface area (Å²) in [6.45, 7) is 0. The highest BCUT2D eigenvalue weighted by Gasteiger charge is 2.25. The zero-order valence-electron chi connectivity index (χ0n) is 16.4. The van der Waals surface area contributed by atoms with Crippen molar-refractivity contribution >= 4 is 22.5 Å². The van der Waals surface area contributed by atoms with E-state index in [-0.39, 0.29) is 12.1 Å². The molecule has 2 heterocycles. The van der Waals surface area contributed by atoms with Crippen molar-refractivity contribution in [1.82, 2.24) is 14.5 Å². The summed E-state index contributed by atoms with van der Waals surface area (Å²) in [7, 11) is 0. The van der Waals surface area contributed by atoms with Crippen molar-refractivity contribution in [1.29, 1.82) is 0 Å². The molecule has 0 saturated heterocycles. The second-order valence-corrected chi connectivity index (χ2v) is 8.15. The van der Waals surface area contributed by atoms with Gasteiger partial charge in [-0.2, -0.15) is 4.98 Å². The van der Waals surface area contributed by atoms with Crippen molar-refractivity contribution in [3.05, 3.63) is 98.8 Å². The molecule has 0 spiro atoms. The van der Waals surface area contributed by atoms with Crippen molar-refractivity contribution in [2.24, 2.45) is 0 Å². The molecule has 0 atom stereocenters. The van der Waals surface area contributed by atoms with Crippen molar-refractivity contribution in [2.75, 3.05) is 0 Å². The molecular formula is C24H18ClF2N3O. The SMILES string of the molecule is O=c1nc(Cc2ccnc(C(F)F)c2)c2ccc(C3CC3)cc2n1-c1ccccc1Cl. The van der Waals surface area contributed by atoms with E-state index in [1.54, 1.807) is 24.3 Å². The van der Waals surface area contributed by atoms with E-state index in [0.717, 1.165) is 23.7 Å². The van der Waals surface area contributed by atoms with Gasteiger partial charge in [0.15, 0.2) is 0 Å². The van der Waals surface area contributed by atoms with Crippen LogP contribution in [0.3, 0.4) is 0 Å². The predicted octanol–water partition coefficient (Wildman–Crippen LogP) is 5.84. The standard InChI is InChI=1S/C24H18ClF2N3O/c25-18-3-1-2-4-21(18)30-22-13-16(15-5-6-15)7-8-17(22)19(29-24(30)31)11-14-9-10-28-20(12-14)23(26)27/h1-4,7-10,12-13,15,23H,5-6,11H2. The monoisotopic (exact) mass is 437 g/mol. The lowest BCUT2D eigenvalue weighted by molar-refractivity contribution is 0.146. The third-order valence-corrected chi connectivity index (χ3v) is 5.90. The largest absolute Gasteiger partial charge is 0.352 e. The summed E-state index contributed by atoms with van der Waals surface area (Å²) in [5.41, 5.74) is 2.88. The van der Waals surface area contributed by atoms with Crippen LogP contribution in [-0.2, 0) is 6.42 Å². The van der Waals surface area contributed by atoms with E-state index in [2.05, 4.69) is 16.0 Å². The molecule has 0 radical (unpaired) electrons. The summed E-state index contributed by atoms with van der Waals surface area (Å²) < 4.78 is 27.7. The van der Waals surface area contributed by atoms with Crippen LogP contribution in [-0.4, -0.2) is 14.5 Å². The second-order valence-electron chi connectivity index (χ2n) is 7.75. The molecule has 31 heavy (non-hydrogen) atoms. The number of nitrogens with zero attached hydrogens (tertiary/aromatic N) is 3. The van der Waals surface area contributed by atoms with Crippen molar-refractivity contribution in [2.45, 2.75) is 31.6 Å². The number of para-hydroxylation sites is 1. The van der Waals surface area contributed by atoms with Crippen LogP contribution >= 0.6 is 11.6 Å². The Morgan fingerprint density at radius 3 is 2.65 bits per heavy atom. The van der Waals surface area contributed by atoms with Gasteiger partial charge in [0.05, 0.1) is 21.9 Å². The van der Waals surface area contributed by atoms with E-state index < -0.39 is 12.1 Å². The van der Waals surface area contributed by atoms with Crippen LogP contribution in [0.2, 0.25) is 5.02 Å². The number of hydrogen-bond donors (Lipinski definition) is 0. The van der Waals surface area contributed by atoms with Crippen molar-refractivity contribution < 1.29 is 8.78 Å². The van der Waals surface area contributed by atoms with E-state index in [4.69, 9.17) is 11.6 Å². The van der Waals surface area contributed by atoms with E-state index >= 15 is 0 Å². The van der Waals surface area contributed by atoms with Crippen LogP contribution in [0.15, 0.2) is 65.6 Å². The Balaban J connectivity index is 1.70. The summed E-state index contributed by atoms with van der Waals surface area (Å²) in [4.78, 5) is 21.2. The van der Waals surface area contributed by atoms with Gasteiger partial charge in [0.2, 0.25) is 0 Å². The summed E-state index contributed by atoms with van der Waals surface area (Å²) in [6, 6.07) is 16.2. The van der Waals surface area contributed by atoms with Gasteiger partial charge in [-0.05, 0) is 60.2 Å². The van der Waals surface area contributed by atoms with Crippen LogP contribution in [0.1, 0.15) is 47.7 Å². The molecule has 4 aromatic rings. The highest BCUT2D eigenvalue weighted by Crippen LogP contribution is 2.41. The van der Waals surface area contributed by atoms with E-state index in [9.17, 15) is 13.6 Å². The lowest BCUT2D eigenvalue weighted by Crippen LogP contribution is -2.24. The van der Waals surface area contributed by atoms with Gasteiger partial charge in [0, 0.05) is 18.0 Å². The van der Waals surface area contributed by atoms with E-state index in [0.29, 0.717) is 27.9 Å². The lowest BCUT2D eigenvalue weighted by atomic mass is 10.0. The number of pyridine rings is 1. The maximum Gasteiger partial charge on any atom is 0.352 e. The highest BCUT2D eigenvalue weighted by atomic mass is 35.5. The molecule has 2 aromatic carbocycles. The minimum absolute atomic E-state index is 0.250. The van der Waals surface area contributed by atoms with Crippen LogP contribution < -0.4 is 5.69 Å². The van der Waals surface area contributed by atoms with Gasteiger partial charge < -0.3 is 0 Å².